The summed E-state index contributed by atoms with van der Waals surface area (Å²) >= 11 is 0. The van der Waals surface area contributed by atoms with E-state index in [0.29, 0.717) is 18.7 Å². The average molecular weight is 251 g/mol. The summed E-state index contributed by atoms with van der Waals surface area (Å²) in [5.74, 6) is -0.592. The highest BCUT2D eigenvalue weighted by atomic mass is 19.1. The smallest absolute Gasteiger partial charge is 0.234 e. The normalized spacial score (nSPS) is 20.2. The third-order valence-electron chi connectivity index (χ3n) is 3.41. The number of rotatable bonds is 4. The Morgan fingerprint density at radius 1 is 1.50 bits per heavy atom. The van der Waals surface area contributed by atoms with Gasteiger partial charge in [0.2, 0.25) is 5.91 Å². The molecule has 18 heavy (non-hydrogen) atoms. The molecular formula is C13H18FN3O. The highest BCUT2D eigenvalue weighted by molar-refractivity contribution is 5.80. The topological polar surface area (TPSA) is 72.3 Å². The van der Waals surface area contributed by atoms with Crippen LogP contribution in [0.15, 0.2) is 18.2 Å². The van der Waals surface area contributed by atoms with Gasteiger partial charge in [-0.15, -0.1) is 0 Å². The number of benzene rings is 1. The van der Waals surface area contributed by atoms with Crippen molar-refractivity contribution in [3.05, 3.63) is 35.1 Å². The Balaban J connectivity index is 2.15. The van der Waals surface area contributed by atoms with Crippen LogP contribution in [0.5, 0.6) is 0 Å². The summed E-state index contributed by atoms with van der Waals surface area (Å²) in [7, 11) is 0. The fourth-order valence-electron chi connectivity index (χ4n) is 2.43. The van der Waals surface area contributed by atoms with Crippen molar-refractivity contribution in [2.24, 2.45) is 11.5 Å². The van der Waals surface area contributed by atoms with Crippen LogP contribution >= 0.6 is 0 Å². The number of amides is 1. The Morgan fingerprint density at radius 2 is 2.28 bits per heavy atom. The molecule has 0 saturated carbocycles. The summed E-state index contributed by atoms with van der Waals surface area (Å²) in [6, 6.07) is 4.58. The number of nitrogens with two attached hydrogens (primary N) is 2. The first-order chi connectivity index (χ1) is 8.61. The molecule has 1 saturated heterocycles. The second-order valence-corrected chi connectivity index (χ2v) is 4.66. The number of primary amides is 1. The minimum absolute atomic E-state index is 0.262. The van der Waals surface area contributed by atoms with Gasteiger partial charge in [-0.1, -0.05) is 12.1 Å². The first-order valence-corrected chi connectivity index (χ1v) is 6.12. The molecule has 1 aromatic carbocycles. The molecule has 0 aliphatic carbocycles. The second kappa shape index (κ2) is 5.46. The Bertz CT molecular complexity index is 450. The molecule has 1 heterocycles. The minimum atomic E-state index is -0.331. The number of nitrogens with zero attached hydrogens (tertiary/aromatic N) is 1. The van der Waals surface area contributed by atoms with Gasteiger partial charge >= 0.3 is 0 Å². The van der Waals surface area contributed by atoms with E-state index in [4.69, 9.17) is 11.5 Å². The van der Waals surface area contributed by atoms with Crippen LogP contribution in [-0.4, -0.2) is 23.4 Å². The SMILES string of the molecule is NCc1ccc(F)c(CN2CCCC2C(N)=O)c1. The van der Waals surface area contributed by atoms with Gasteiger partial charge in [0.15, 0.2) is 0 Å². The molecule has 0 radical (unpaired) electrons. The summed E-state index contributed by atoms with van der Waals surface area (Å²) in [6.45, 7) is 1.57. The van der Waals surface area contributed by atoms with Crippen LogP contribution < -0.4 is 11.5 Å². The zero-order valence-electron chi connectivity index (χ0n) is 10.2. The summed E-state index contributed by atoms with van der Waals surface area (Å²) in [6.07, 6.45) is 1.68. The molecule has 1 amide bonds. The van der Waals surface area contributed by atoms with Gasteiger partial charge in [0, 0.05) is 18.7 Å². The molecule has 1 fully saturated rings. The van der Waals surface area contributed by atoms with E-state index in [-0.39, 0.29) is 17.8 Å². The molecular weight excluding hydrogens is 233 g/mol. The first-order valence-electron chi connectivity index (χ1n) is 6.12. The monoisotopic (exact) mass is 251 g/mol. The molecule has 98 valence electrons. The average Bonchev–Trinajstić information content (AvgIpc) is 2.80. The van der Waals surface area contributed by atoms with Crippen molar-refractivity contribution in [1.82, 2.24) is 4.90 Å². The molecule has 1 atom stereocenters. The molecule has 0 spiro atoms. The largest absolute Gasteiger partial charge is 0.368 e. The van der Waals surface area contributed by atoms with Crippen LogP contribution in [0.4, 0.5) is 4.39 Å². The van der Waals surface area contributed by atoms with Crippen molar-refractivity contribution in [2.75, 3.05) is 6.54 Å². The van der Waals surface area contributed by atoms with Gasteiger partial charge in [0.05, 0.1) is 6.04 Å². The predicted molar refractivity (Wildman–Crippen MR) is 66.9 cm³/mol. The van der Waals surface area contributed by atoms with Gasteiger partial charge in [-0.3, -0.25) is 9.69 Å². The third kappa shape index (κ3) is 2.68. The maximum absolute atomic E-state index is 13.7. The lowest BCUT2D eigenvalue weighted by Crippen LogP contribution is -2.39. The number of carbonyl (C=O) groups excluding carboxylic acids is 1. The van der Waals surface area contributed by atoms with E-state index in [2.05, 4.69) is 0 Å². The summed E-state index contributed by atoms with van der Waals surface area (Å²) < 4.78 is 13.7. The summed E-state index contributed by atoms with van der Waals surface area (Å²) in [5.41, 5.74) is 12.3. The highest BCUT2D eigenvalue weighted by Gasteiger charge is 2.29. The molecule has 5 heteroatoms. The number of carbonyl (C=O) groups is 1. The van der Waals surface area contributed by atoms with Crippen molar-refractivity contribution < 1.29 is 9.18 Å². The van der Waals surface area contributed by atoms with E-state index < -0.39 is 0 Å². The minimum Gasteiger partial charge on any atom is -0.368 e. The van der Waals surface area contributed by atoms with Crippen molar-refractivity contribution in [2.45, 2.75) is 32.0 Å². The lowest BCUT2D eigenvalue weighted by Gasteiger charge is -2.22. The van der Waals surface area contributed by atoms with Crippen LogP contribution in [0.25, 0.3) is 0 Å². The number of likely N-dealkylation sites (tertiary alicyclic amines) is 1. The van der Waals surface area contributed by atoms with Gasteiger partial charge in [-0.05, 0) is 31.0 Å². The molecule has 0 aromatic heterocycles. The Labute approximate surface area is 106 Å². The molecule has 4 nitrogen and oxygen atoms in total. The van der Waals surface area contributed by atoms with Crippen molar-refractivity contribution in [3.8, 4) is 0 Å². The quantitative estimate of drug-likeness (QED) is 0.828. The number of halogens is 1. The first kappa shape index (κ1) is 13.0. The lowest BCUT2D eigenvalue weighted by molar-refractivity contribution is -0.122. The summed E-state index contributed by atoms with van der Waals surface area (Å²) in [5, 5.41) is 0. The van der Waals surface area contributed by atoms with E-state index in [9.17, 15) is 9.18 Å². The van der Waals surface area contributed by atoms with Gasteiger partial charge in [-0.25, -0.2) is 4.39 Å². The molecule has 0 bridgehead atoms. The van der Waals surface area contributed by atoms with E-state index in [1.807, 2.05) is 4.90 Å². The van der Waals surface area contributed by atoms with E-state index >= 15 is 0 Å². The Morgan fingerprint density at radius 3 is 2.94 bits per heavy atom. The van der Waals surface area contributed by atoms with Gasteiger partial charge in [-0.2, -0.15) is 0 Å². The standard InChI is InChI=1S/C13H18FN3O/c14-11-4-3-9(7-15)6-10(11)8-17-5-1-2-12(17)13(16)18/h3-4,6,12H,1-2,5,7-8,15H2,(H2,16,18). The molecule has 1 aliphatic heterocycles. The van der Waals surface area contributed by atoms with Crippen LogP contribution in [0.1, 0.15) is 24.0 Å². The van der Waals surface area contributed by atoms with Gasteiger partial charge in [0.25, 0.3) is 0 Å². The molecule has 2 rings (SSSR count). The maximum Gasteiger partial charge on any atom is 0.234 e. The van der Waals surface area contributed by atoms with Gasteiger partial charge < -0.3 is 11.5 Å². The van der Waals surface area contributed by atoms with E-state index in [1.165, 1.54) is 6.07 Å². The maximum atomic E-state index is 13.7. The van der Waals surface area contributed by atoms with Crippen molar-refractivity contribution in [1.29, 1.82) is 0 Å². The molecule has 1 aliphatic rings. The molecule has 1 unspecified atom stereocenters. The zero-order valence-corrected chi connectivity index (χ0v) is 10.2. The second-order valence-electron chi connectivity index (χ2n) is 4.66. The fraction of sp³-hybridized carbons (Fsp3) is 0.462. The van der Waals surface area contributed by atoms with E-state index in [1.54, 1.807) is 12.1 Å². The van der Waals surface area contributed by atoms with Crippen LogP contribution in [-0.2, 0) is 17.9 Å². The van der Waals surface area contributed by atoms with Crippen molar-refractivity contribution >= 4 is 5.91 Å². The van der Waals surface area contributed by atoms with E-state index in [0.717, 1.165) is 24.9 Å². The van der Waals surface area contributed by atoms with Crippen LogP contribution in [0.2, 0.25) is 0 Å². The fourth-order valence-corrected chi connectivity index (χ4v) is 2.43. The molecule has 1 aromatic rings. The number of hydrogen-bond donors (Lipinski definition) is 2. The summed E-state index contributed by atoms with van der Waals surface area (Å²) in [4.78, 5) is 13.2. The van der Waals surface area contributed by atoms with Crippen molar-refractivity contribution in [3.63, 3.8) is 0 Å². The third-order valence-corrected chi connectivity index (χ3v) is 3.41. The number of hydrogen-bond acceptors (Lipinski definition) is 3. The highest BCUT2D eigenvalue weighted by Crippen LogP contribution is 2.21. The molecule has 4 N–H and O–H groups in total. The van der Waals surface area contributed by atoms with Crippen LogP contribution in [0, 0.1) is 5.82 Å². The van der Waals surface area contributed by atoms with Crippen LogP contribution in [0.3, 0.4) is 0 Å². The Kier molecular flexibility index (Phi) is 3.93. The zero-order chi connectivity index (χ0) is 13.1. The predicted octanol–water partition coefficient (Wildman–Crippen LogP) is 0.734. The Hall–Kier alpha value is -1.46. The lowest BCUT2D eigenvalue weighted by atomic mass is 10.1. The van der Waals surface area contributed by atoms with Gasteiger partial charge in [0.1, 0.15) is 5.82 Å².